The summed E-state index contributed by atoms with van der Waals surface area (Å²) in [6.07, 6.45) is 1.09. The van der Waals surface area contributed by atoms with Gasteiger partial charge in [0.15, 0.2) is 11.8 Å². The van der Waals surface area contributed by atoms with Crippen LogP contribution in [0.4, 0.5) is 11.4 Å². The predicted molar refractivity (Wildman–Crippen MR) is 73.2 cm³/mol. The van der Waals surface area contributed by atoms with E-state index in [1.54, 1.807) is 0 Å². The van der Waals surface area contributed by atoms with E-state index in [0.29, 0.717) is 5.69 Å². The maximum atomic E-state index is 11.7. The summed E-state index contributed by atoms with van der Waals surface area (Å²) < 4.78 is 4.71. The molecule has 1 rings (SSSR count). The molecule has 1 aromatic rings. The summed E-state index contributed by atoms with van der Waals surface area (Å²) in [6.45, 7) is 4.17. The van der Waals surface area contributed by atoms with Crippen LogP contribution < -0.4 is 0 Å². The van der Waals surface area contributed by atoms with Gasteiger partial charge < -0.3 is 4.74 Å². The number of hydrogen-bond donors (Lipinski definition) is 0. The van der Waals surface area contributed by atoms with Crippen LogP contribution in [-0.2, 0) is 14.3 Å². The molecule has 21 heavy (non-hydrogen) atoms. The molecule has 0 aromatic heterocycles. The molecule has 0 aliphatic heterocycles. The summed E-state index contributed by atoms with van der Waals surface area (Å²) in [5, 5.41) is 17.9. The molecule has 0 saturated carbocycles. The van der Waals surface area contributed by atoms with Crippen LogP contribution in [0.15, 0.2) is 47.3 Å². The second-order valence-corrected chi connectivity index (χ2v) is 3.95. The summed E-state index contributed by atoms with van der Waals surface area (Å²) in [6, 6.07) is 3.97. The number of carbonyl (C=O) groups excluding carboxylic acids is 2. The molecule has 8 heteroatoms. The molecular formula is C13H13N3O5. The number of carbonyl (C=O) groups is 2. The molecule has 0 bridgehead atoms. The first kappa shape index (κ1) is 16.2. The summed E-state index contributed by atoms with van der Waals surface area (Å²) in [7, 11) is 0. The molecule has 1 atom stereocenters. The molecule has 0 amide bonds. The quantitative estimate of drug-likeness (QED) is 0.240. The van der Waals surface area contributed by atoms with Crippen LogP contribution in [0.1, 0.15) is 6.92 Å². The van der Waals surface area contributed by atoms with Crippen molar-refractivity contribution >= 4 is 22.9 Å². The van der Waals surface area contributed by atoms with Crippen molar-refractivity contribution in [2.75, 3.05) is 6.61 Å². The molecule has 0 N–H and O–H groups in total. The van der Waals surface area contributed by atoms with Crippen molar-refractivity contribution in [3.05, 3.63) is 47.2 Å². The first-order valence-electron chi connectivity index (χ1n) is 5.86. The van der Waals surface area contributed by atoms with Gasteiger partial charge in [-0.2, -0.15) is 10.2 Å². The zero-order valence-electron chi connectivity index (χ0n) is 11.3. The maximum Gasteiger partial charge on any atom is 0.269 e. The number of ether oxygens (including phenoxy) is 1. The fourth-order valence-corrected chi connectivity index (χ4v) is 1.36. The van der Waals surface area contributed by atoms with E-state index < -0.39 is 22.5 Å². The van der Waals surface area contributed by atoms with Crippen molar-refractivity contribution < 1.29 is 19.2 Å². The van der Waals surface area contributed by atoms with E-state index in [1.807, 2.05) is 0 Å². The Bertz CT molecular complexity index is 580. The number of non-ortho nitro benzene ring substituents is 1. The average Bonchev–Trinajstić information content (AvgIpc) is 2.45. The third kappa shape index (κ3) is 4.94. The Labute approximate surface area is 120 Å². The molecule has 0 radical (unpaired) electrons. The lowest BCUT2D eigenvalue weighted by molar-refractivity contribution is -0.384. The van der Waals surface area contributed by atoms with Crippen molar-refractivity contribution in [3.63, 3.8) is 0 Å². The summed E-state index contributed by atoms with van der Waals surface area (Å²) >= 11 is 0. The van der Waals surface area contributed by atoms with Crippen LogP contribution in [0.25, 0.3) is 0 Å². The fraction of sp³-hybridized carbons (Fsp3) is 0.231. The first-order chi connectivity index (χ1) is 9.95. The highest BCUT2D eigenvalue weighted by atomic mass is 16.6. The zero-order chi connectivity index (χ0) is 15.8. The van der Waals surface area contributed by atoms with E-state index in [0.717, 1.165) is 6.26 Å². The number of nitro benzene ring substituents is 1. The second-order valence-electron chi connectivity index (χ2n) is 3.95. The predicted octanol–water partition coefficient (Wildman–Crippen LogP) is 2.37. The van der Waals surface area contributed by atoms with Gasteiger partial charge in [0.25, 0.3) is 5.69 Å². The largest absolute Gasteiger partial charge is 0.494 e. The van der Waals surface area contributed by atoms with Gasteiger partial charge >= 0.3 is 0 Å². The fourth-order valence-electron chi connectivity index (χ4n) is 1.36. The molecule has 1 aromatic carbocycles. The van der Waals surface area contributed by atoms with E-state index in [1.165, 1.54) is 31.2 Å². The third-order valence-corrected chi connectivity index (χ3v) is 2.38. The summed E-state index contributed by atoms with van der Waals surface area (Å²) in [5.41, 5.74) is 0.205. The van der Waals surface area contributed by atoms with Crippen LogP contribution in [0.3, 0.4) is 0 Å². The molecule has 8 nitrogen and oxygen atoms in total. The van der Waals surface area contributed by atoms with Gasteiger partial charge in [0.2, 0.25) is 5.78 Å². The minimum absolute atomic E-state index is 0.0903. The van der Waals surface area contributed by atoms with Crippen LogP contribution in [0.2, 0.25) is 0 Å². The van der Waals surface area contributed by atoms with Gasteiger partial charge in [-0.1, -0.05) is 6.58 Å². The molecule has 0 spiro atoms. The van der Waals surface area contributed by atoms with Gasteiger partial charge in [-0.25, -0.2) is 0 Å². The van der Waals surface area contributed by atoms with Gasteiger partial charge in [0, 0.05) is 12.1 Å². The highest BCUT2D eigenvalue weighted by molar-refractivity contribution is 6.06. The van der Waals surface area contributed by atoms with Gasteiger partial charge in [-0.3, -0.25) is 19.7 Å². The minimum Gasteiger partial charge on any atom is -0.494 e. The minimum atomic E-state index is -1.26. The lowest BCUT2D eigenvalue weighted by Crippen LogP contribution is -2.29. The second kappa shape index (κ2) is 7.63. The lowest BCUT2D eigenvalue weighted by atomic mass is 10.1. The molecule has 0 aliphatic rings. The van der Waals surface area contributed by atoms with Crippen molar-refractivity contribution in [2.24, 2.45) is 10.2 Å². The van der Waals surface area contributed by atoms with Gasteiger partial charge in [0.1, 0.15) is 6.61 Å². The number of rotatable bonds is 8. The number of ketones is 2. The summed E-state index contributed by atoms with van der Waals surface area (Å²) in [4.78, 5) is 33.0. The van der Waals surface area contributed by atoms with Crippen molar-refractivity contribution in [2.45, 2.75) is 13.0 Å². The summed E-state index contributed by atoms with van der Waals surface area (Å²) in [5.74, 6) is -1.02. The van der Waals surface area contributed by atoms with E-state index in [2.05, 4.69) is 16.8 Å². The third-order valence-electron chi connectivity index (χ3n) is 2.38. The van der Waals surface area contributed by atoms with E-state index >= 15 is 0 Å². The number of benzene rings is 1. The Morgan fingerprint density at radius 2 is 2.05 bits per heavy atom. The highest BCUT2D eigenvalue weighted by Crippen LogP contribution is 2.18. The van der Waals surface area contributed by atoms with Crippen LogP contribution >= 0.6 is 0 Å². The highest BCUT2D eigenvalue weighted by Gasteiger charge is 2.23. The maximum absolute atomic E-state index is 11.7. The molecule has 0 aliphatic carbocycles. The standard InChI is InChI=1S/C13H13N3O5/c1-3-21-8-12(18)13(9(2)17)15-14-10-4-6-11(7-5-10)16(19)20/h3-7,13H,1,8H2,2H3. The topological polar surface area (TPSA) is 111 Å². The Morgan fingerprint density at radius 3 is 2.52 bits per heavy atom. The molecular weight excluding hydrogens is 278 g/mol. The molecule has 0 fully saturated rings. The SMILES string of the molecule is C=COCC(=O)C(N=Nc1ccc([N+](=O)[O-])cc1)C(C)=O. The van der Waals surface area contributed by atoms with E-state index in [9.17, 15) is 19.7 Å². The van der Waals surface area contributed by atoms with Gasteiger partial charge in [-0.15, -0.1) is 0 Å². The van der Waals surface area contributed by atoms with Crippen LogP contribution in [-0.4, -0.2) is 29.1 Å². The lowest BCUT2D eigenvalue weighted by Gasteiger charge is -2.06. The Hall–Kier alpha value is -2.90. The number of nitro groups is 1. The average molecular weight is 291 g/mol. The number of hydrogen-bond acceptors (Lipinski definition) is 7. The normalized spacial score (nSPS) is 11.9. The van der Waals surface area contributed by atoms with E-state index in [-0.39, 0.29) is 12.3 Å². The smallest absolute Gasteiger partial charge is 0.269 e. The number of nitrogens with zero attached hydrogens (tertiary/aromatic N) is 3. The Balaban J connectivity index is 2.82. The van der Waals surface area contributed by atoms with Crippen molar-refractivity contribution in [1.82, 2.24) is 0 Å². The zero-order valence-corrected chi connectivity index (χ0v) is 11.3. The molecule has 0 heterocycles. The Kier molecular flexibility index (Phi) is 5.87. The molecule has 110 valence electrons. The van der Waals surface area contributed by atoms with Crippen molar-refractivity contribution in [3.8, 4) is 0 Å². The molecule has 0 saturated heterocycles. The van der Waals surface area contributed by atoms with Crippen molar-refractivity contribution in [1.29, 1.82) is 0 Å². The first-order valence-corrected chi connectivity index (χ1v) is 5.86. The Morgan fingerprint density at radius 1 is 1.43 bits per heavy atom. The van der Waals surface area contributed by atoms with E-state index in [4.69, 9.17) is 4.74 Å². The number of azo groups is 1. The van der Waals surface area contributed by atoms with Crippen LogP contribution in [0.5, 0.6) is 0 Å². The molecule has 1 unspecified atom stereocenters. The van der Waals surface area contributed by atoms with Gasteiger partial charge in [0.05, 0.1) is 16.9 Å². The number of Topliss-reactive ketones (excluding diaryl/α,β-unsaturated/α-hetero) is 2. The monoisotopic (exact) mass is 291 g/mol. The van der Waals surface area contributed by atoms with Gasteiger partial charge in [-0.05, 0) is 19.1 Å². The van der Waals surface area contributed by atoms with Crippen LogP contribution in [0, 0.1) is 10.1 Å².